The van der Waals surface area contributed by atoms with Gasteiger partial charge < -0.3 is 0 Å². The molecule has 9 aromatic rings. The molecule has 0 bridgehead atoms. The van der Waals surface area contributed by atoms with Crippen LogP contribution in [0.25, 0.3) is 65.2 Å². The normalized spacial score (nSPS) is 13.0. The highest BCUT2D eigenvalue weighted by atomic mass is 32.1. The van der Waals surface area contributed by atoms with E-state index in [4.69, 9.17) is 9.97 Å². The number of aromatic nitrogens is 2. The summed E-state index contributed by atoms with van der Waals surface area (Å²) in [6, 6.07) is 65.5. The van der Waals surface area contributed by atoms with Gasteiger partial charge in [-0.3, -0.25) is 0 Å². The third-order valence-corrected chi connectivity index (χ3v) is 11.4. The first-order valence-electron chi connectivity index (χ1n) is 17.0. The average Bonchev–Trinajstić information content (AvgIpc) is 3.73. The Balaban J connectivity index is 1.22. The highest BCUT2D eigenvalue weighted by Gasteiger charge is 2.45. The number of hydrogen-bond donors (Lipinski definition) is 0. The van der Waals surface area contributed by atoms with Crippen LogP contribution in [0.5, 0.6) is 0 Å². The molecule has 0 fully saturated rings. The molecule has 7 aromatic carbocycles. The fourth-order valence-electron chi connectivity index (χ4n) is 8.02. The number of thiophene rings is 1. The molecule has 1 aliphatic rings. The number of fused-ring (bicyclic) bond motifs is 6. The Morgan fingerprint density at radius 2 is 0.960 bits per heavy atom. The average molecular weight is 655 g/mol. The van der Waals surface area contributed by atoms with Gasteiger partial charge in [-0.15, -0.1) is 11.3 Å². The van der Waals surface area contributed by atoms with E-state index in [-0.39, 0.29) is 0 Å². The minimum absolute atomic E-state index is 0.481. The molecular formula is C47H30N2S. The second-order valence-corrected chi connectivity index (χ2v) is 13.9. The Kier molecular flexibility index (Phi) is 6.61. The van der Waals surface area contributed by atoms with Gasteiger partial charge in [0.25, 0.3) is 0 Å². The van der Waals surface area contributed by atoms with Gasteiger partial charge in [-0.1, -0.05) is 164 Å². The Hall–Kier alpha value is -6.16. The van der Waals surface area contributed by atoms with Crippen LogP contribution in [-0.2, 0) is 5.41 Å². The van der Waals surface area contributed by atoms with Crippen molar-refractivity contribution in [2.45, 2.75) is 5.41 Å². The summed E-state index contributed by atoms with van der Waals surface area (Å²) in [7, 11) is 0. The minimum Gasteiger partial charge on any atom is -0.228 e. The van der Waals surface area contributed by atoms with E-state index in [2.05, 4.69) is 176 Å². The van der Waals surface area contributed by atoms with Crippen molar-refractivity contribution in [3.63, 3.8) is 0 Å². The van der Waals surface area contributed by atoms with Crippen LogP contribution in [-0.4, -0.2) is 9.97 Å². The number of hydrogen-bond acceptors (Lipinski definition) is 3. The van der Waals surface area contributed by atoms with Crippen LogP contribution in [0.2, 0.25) is 0 Å². The van der Waals surface area contributed by atoms with Gasteiger partial charge in [-0.25, -0.2) is 9.97 Å². The zero-order valence-corrected chi connectivity index (χ0v) is 27.9. The lowest BCUT2D eigenvalue weighted by atomic mass is 9.67. The van der Waals surface area contributed by atoms with E-state index in [0.29, 0.717) is 0 Å². The topological polar surface area (TPSA) is 25.8 Å². The van der Waals surface area contributed by atoms with Gasteiger partial charge in [-0.2, -0.15) is 0 Å². The quantitative estimate of drug-likeness (QED) is 0.185. The molecule has 2 nitrogen and oxygen atoms in total. The molecule has 1 aliphatic carbocycles. The van der Waals surface area contributed by atoms with Gasteiger partial charge in [-0.05, 0) is 51.6 Å². The molecule has 0 saturated heterocycles. The molecule has 0 saturated carbocycles. The Morgan fingerprint density at radius 1 is 0.400 bits per heavy atom. The molecular weight excluding hydrogens is 625 g/mol. The fourth-order valence-corrected chi connectivity index (χ4v) is 9.25. The molecule has 0 radical (unpaired) electrons. The summed E-state index contributed by atoms with van der Waals surface area (Å²) in [6.45, 7) is 0. The van der Waals surface area contributed by atoms with Crippen LogP contribution >= 0.6 is 11.3 Å². The maximum atomic E-state index is 5.27. The predicted molar refractivity (Wildman–Crippen MR) is 209 cm³/mol. The summed E-state index contributed by atoms with van der Waals surface area (Å²) in [5.41, 5.74) is 12.1. The van der Waals surface area contributed by atoms with Crippen molar-refractivity contribution in [2.75, 3.05) is 0 Å². The van der Waals surface area contributed by atoms with Gasteiger partial charge in [0, 0.05) is 36.9 Å². The van der Waals surface area contributed by atoms with E-state index in [1.807, 2.05) is 17.4 Å². The summed E-state index contributed by atoms with van der Waals surface area (Å²) < 4.78 is 2.52. The lowest BCUT2D eigenvalue weighted by molar-refractivity contribution is 0.768. The van der Waals surface area contributed by atoms with Crippen LogP contribution in [0.1, 0.15) is 22.3 Å². The molecule has 3 heteroatoms. The SMILES string of the molecule is c1ccc(-c2nc(-c3cccc(C4(c5ccccc5)c5ccccc5-c5ccccc54)c3)cc(-c3cccc4c3sc3ccccc34)n2)cc1. The first-order valence-corrected chi connectivity index (χ1v) is 17.8. The second-order valence-electron chi connectivity index (χ2n) is 12.9. The molecule has 0 unspecified atom stereocenters. The van der Waals surface area contributed by atoms with Crippen molar-refractivity contribution in [3.05, 3.63) is 204 Å². The summed E-state index contributed by atoms with van der Waals surface area (Å²) in [4.78, 5) is 10.5. The summed E-state index contributed by atoms with van der Waals surface area (Å²) >= 11 is 1.83. The van der Waals surface area contributed by atoms with Crippen molar-refractivity contribution in [1.29, 1.82) is 0 Å². The molecule has 10 rings (SSSR count). The molecule has 0 amide bonds. The van der Waals surface area contributed by atoms with Gasteiger partial charge in [0.05, 0.1) is 16.8 Å². The van der Waals surface area contributed by atoms with Gasteiger partial charge in [0.15, 0.2) is 5.82 Å². The first kappa shape index (κ1) is 28.8. The molecule has 234 valence electrons. The van der Waals surface area contributed by atoms with E-state index in [9.17, 15) is 0 Å². The largest absolute Gasteiger partial charge is 0.228 e. The van der Waals surface area contributed by atoms with Crippen molar-refractivity contribution in [2.24, 2.45) is 0 Å². The zero-order valence-electron chi connectivity index (χ0n) is 27.1. The maximum absolute atomic E-state index is 5.27. The van der Waals surface area contributed by atoms with Crippen molar-refractivity contribution in [1.82, 2.24) is 9.97 Å². The number of nitrogens with zero attached hydrogens (tertiary/aromatic N) is 2. The summed E-state index contributed by atoms with van der Waals surface area (Å²) in [6.07, 6.45) is 0. The van der Waals surface area contributed by atoms with Crippen molar-refractivity contribution >= 4 is 31.5 Å². The molecule has 0 spiro atoms. The number of benzene rings is 7. The third-order valence-electron chi connectivity index (χ3n) is 10.2. The Morgan fingerprint density at radius 3 is 1.74 bits per heavy atom. The van der Waals surface area contributed by atoms with E-state index >= 15 is 0 Å². The molecule has 0 N–H and O–H groups in total. The van der Waals surface area contributed by atoms with E-state index in [1.165, 1.54) is 53.6 Å². The smallest absolute Gasteiger partial charge is 0.160 e. The summed E-state index contributed by atoms with van der Waals surface area (Å²) in [5.74, 6) is 0.718. The first-order chi connectivity index (χ1) is 24.8. The predicted octanol–water partition coefficient (Wildman–Crippen LogP) is 12.2. The van der Waals surface area contributed by atoms with Gasteiger partial charge >= 0.3 is 0 Å². The van der Waals surface area contributed by atoms with Crippen LogP contribution in [0.3, 0.4) is 0 Å². The Labute approximate surface area is 295 Å². The lowest BCUT2D eigenvalue weighted by Gasteiger charge is -2.34. The van der Waals surface area contributed by atoms with Crippen LogP contribution in [0, 0.1) is 0 Å². The van der Waals surface area contributed by atoms with Crippen molar-refractivity contribution < 1.29 is 0 Å². The van der Waals surface area contributed by atoms with Crippen LogP contribution in [0.15, 0.2) is 182 Å². The minimum atomic E-state index is -0.481. The maximum Gasteiger partial charge on any atom is 0.160 e. The van der Waals surface area contributed by atoms with Crippen molar-refractivity contribution in [3.8, 4) is 45.0 Å². The van der Waals surface area contributed by atoms with Gasteiger partial charge in [0.2, 0.25) is 0 Å². The molecule has 2 heterocycles. The number of rotatable bonds is 5. The lowest BCUT2D eigenvalue weighted by Crippen LogP contribution is -2.28. The summed E-state index contributed by atoms with van der Waals surface area (Å²) in [5, 5.41) is 2.54. The standard InChI is InChI=1S/C47H30N2S/c1-3-15-31(16-4-1)46-48-42(30-43(49-46)39-25-14-24-38-37-23-9-12-28-44(37)50-45(38)39)32-17-13-20-34(29-32)47(33-18-5-2-6-19-33)40-26-10-7-21-35(40)36-22-8-11-27-41(36)47/h1-30H. The molecule has 0 aliphatic heterocycles. The monoisotopic (exact) mass is 654 g/mol. The fraction of sp³-hybridized carbons (Fsp3) is 0.0213. The van der Waals surface area contributed by atoms with E-state index < -0.39 is 5.41 Å². The molecule has 0 atom stereocenters. The molecule has 2 aromatic heterocycles. The Bertz CT molecular complexity index is 2660. The highest BCUT2D eigenvalue weighted by molar-refractivity contribution is 7.26. The third kappa shape index (κ3) is 4.34. The zero-order chi connectivity index (χ0) is 33.1. The van der Waals surface area contributed by atoms with E-state index in [1.54, 1.807) is 0 Å². The van der Waals surface area contributed by atoms with Crippen LogP contribution in [0.4, 0.5) is 0 Å². The van der Waals surface area contributed by atoms with Gasteiger partial charge in [0.1, 0.15) is 0 Å². The molecule has 50 heavy (non-hydrogen) atoms. The second kappa shape index (κ2) is 11.5. The highest BCUT2D eigenvalue weighted by Crippen LogP contribution is 2.56. The van der Waals surface area contributed by atoms with Crippen LogP contribution < -0.4 is 0 Å². The van der Waals surface area contributed by atoms with E-state index in [0.717, 1.165) is 33.9 Å².